The Balaban J connectivity index is 1.99. The van der Waals surface area contributed by atoms with Gasteiger partial charge in [0.15, 0.2) is 0 Å². The van der Waals surface area contributed by atoms with Gasteiger partial charge in [0.1, 0.15) is 18.2 Å². The molecule has 7 heteroatoms. The average molecular weight is 333 g/mol. The van der Waals surface area contributed by atoms with Crippen molar-refractivity contribution in [2.24, 2.45) is 0 Å². The topological polar surface area (TPSA) is 86.0 Å². The minimum absolute atomic E-state index is 0.0545. The minimum atomic E-state index is -0.547. The molecular formula is C17H24FN5O. The van der Waals surface area contributed by atoms with Gasteiger partial charge in [-0.1, -0.05) is 13.0 Å². The van der Waals surface area contributed by atoms with Crippen molar-refractivity contribution in [2.45, 2.75) is 39.7 Å². The molecule has 130 valence electrons. The zero-order chi connectivity index (χ0) is 17.7. The molecule has 2 aromatic rings. The van der Waals surface area contributed by atoms with Crippen LogP contribution in [0.15, 0.2) is 18.2 Å². The maximum Gasteiger partial charge on any atom is 0.228 e. The van der Waals surface area contributed by atoms with Gasteiger partial charge in [-0.05, 0) is 44.0 Å². The van der Waals surface area contributed by atoms with Crippen molar-refractivity contribution in [1.82, 2.24) is 15.0 Å². The molecule has 2 unspecified atom stereocenters. The number of nitrogens with one attached hydrogen (secondary N) is 1. The van der Waals surface area contributed by atoms with Gasteiger partial charge in [-0.25, -0.2) is 0 Å². The van der Waals surface area contributed by atoms with Gasteiger partial charge in [0, 0.05) is 5.92 Å². The second-order valence-corrected chi connectivity index (χ2v) is 6.11. The molecule has 0 aliphatic rings. The summed E-state index contributed by atoms with van der Waals surface area (Å²) in [4.78, 5) is 12.2. The van der Waals surface area contributed by atoms with Crippen molar-refractivity contribution < 1.29 is 9.13 Å². The van der Waals surface area contributed by atoms with E-state index in [4.69, 9.17) is 10.5 Å². The van der Waals surface area contributed by atoms with E-state index in [1.54, 1.807) is 6.92 Å². The van der Waals surface area contributed by atoms with E-state index in [0.29, 0.717) is 18.4 Å². The van der Waals surface area contributed by atoms with E-state index in [2.05, 4.69) is 26.3 Å². The number of benzene rings is 1. The lowest BCUT2D eigenvalue weighted by atomic mass is 10.1. The molecule has 0 amide bonds. The number of ether oxygens (including phenoxy) is 1. The zero-order valence-electron chi connectivity index (χ0n) is 14.5. The van der Waals surface area contributed by atoms with Gasteiger partial charge in [-0.3, -0.25) is 4.39 Å². The first-order valence-electron chi connectivity index (χ1n) is 7.92. The smallest absolute Gasteiger partial charge is 0.228 e. The van der Waals surface area contributed by atoms with Gasteiger partial charge in [0.05, 0.1) is 12.7 Å². The molecule has 24 heavy (non-hydrogen) atoms. The molecule has 0 aliphatic heterocycles. The van der Waals surface area contributed by atoms with Crippen LogP contribution in [0, 0.1) is 13.8 Å². The van der Waals surface area contributed by atoms with Crippen molar-refractivity contribution in [1.29, 1.82) is 0 Å². The van der Waals surface area contributed by atoms with E-state index in [1.165, 1.54) is 0 Å². The van der Waals surface area contributed by atoms with Gasteiger partial charge >= 0.3 is 0 Å². The van der Waals surface area contributed by atoms with Crippen LogP contribution in [0.25, 0.3) is 0 Å². The van der Waals surface area contributed by atoms with Crippen LogP contribution in [0.1, 0.15) is 36.7 Å². The lowest BCUT2D eigenvalue weighted by Crippen LogP contribution is -2.25. The van der Waals surface area contributed by atoms with Crippen molar-refractivity contribution in [3.8, 4) is 5.75 Å². The molecule has 0 fully saturated rings. The minimum Gasteiger partial charge on any atom is -0.491 e. The zero-order valence-corrected chi connectivity index (χ0v) is 14.5. The number of anilines is 2. The molecule has 0 saturated heterocycles. The highest BCUT2D eigenvalue weighted by Gasteiger charge is 2.13. The first-order valence-corrected chi connectivity index (χ1v) is 7.92. The molecule has 2 atom stereocenters. The van der Waals surface area contributed by atoms with Crippen LogP contribution in [0.4, 0.5) is 16.3 Å². The SMILES string of the molecule is Cc1cc(C)cc(OCC(C)Nc2nc(N)nc(C(C)CF)n2)c1. The van der Waals surface area contributed by atoms with E-state index >= 15 is 0 Å². The number of aromatic nitrogens is 3. The molecule has 3 N–H and O–H groups in total. The molecule has 0 aliphatic carbocycles. The van der Waals surface area contributed by atoms with Gasteiger partial charge < -0.3 is 15.8 Å². The lowest BCUT2D eigenvalue weighted by molar-refractivity contribution is 0.303. The summed E-state index contributed by atoms with van der Waals surface area (Å²) < 4.78 is 18.6. The van der Waals surface area contributed by atoms with Crippen molar-refractivity contribution in [3.05, 3.63) is 35.2 Å². The van der Waals surface area contributed by atoms with E-state index < -0.39 is 12.6 Å². The van der Waals surface area contributed by atoms with Crippen molar-refractivity contribution in [2.75, 3.05) is 24.3 Å². The highest BCUT2D eigenvalue weighted by Crippen LogP contribution is 2.17. The number of nitrogen functional groups attached to an aromatic ring is 1. The molecule has 1 heterocycles. The normalized spacial score (nSPS) is 13.4. The number of hydrogen-bond donors (Lipinski definition) is 2. The molecule has 6 nitrogen and oxygen atoms in total. The van der Waals surface area contributed by atoms with Gasteiger partial charge in [-0.2, -0.15) is 15.0 Å². The molecular weight excluding hydrogens is 309 g/mol. The third kappa shape index (κ3) is 5.04. The molecule has 0 spiro atoms. The van der Waals surface area contributed by atoms with Crippen molar-refractivity contribution >= 4 is 11.9 Å². The van der Waals surface area contributed by atoms with Crippen LogP contribution in [0.3, 0.4) is 0 Å². The predicted molar refractivity (Wildman–Crippen MR) is 93.1 cm³/mol. The van der Waals surface area contributed by atoms with Crippen LogP contribution in [0.5, 0.6) is 5.75 Å². The third-order valence-electron chi connectivity index (χ3n) is 3.41. The number of alkyl halides is 1. The largest absolute Gasteiger partial charge is 0.491 e. The van der Waals surface area contributed by atoms with Crippen LogP contribution < -0.4 is 15.8 Å². The fourth-order valence-corrected chi connectivity index (χ4v) is 2.26. The van der Waals surface area contributed by atoms with Crippen LogP contribution in [-0.2, 0) is 0 Å². The fourth-order valence-electron chi connectivity index (χ4n) is 2.26. The van der Waals surface area contributed by atoms with Crippen LogP contribution in [-0.4, -0.2) is 34.3 Å². The van der Waals surface area contributed by atoms with E-state index in [-0.39, 0.29) is 12.0 Å². The number of hydrogen-bond acceptors (Lipinski definition) is 6. The predicted octanol–water partition coefficient (Wildman–Crippen LogP) is 3.02. The Morgan fingerprint density at radius 1 is 1.12 bits per heavy atom. The summed E-state index contributed by atoms with van der Waals surface area (Å²) in [6.07, 6.45) is 0. The van der Waals surface area contributed by atoms with Crippen LogP contribution >= 0.6 is 0 Å². The second-order valence-electron chi connectivity index (χ2n) is 6.11. The van der Waals surface area contributed by atoms with E-state index in [1.807, 2.05) is 32.9 Å². The monoisotopic (exact) mass is 333 g/mol. The summed E-state index contributed by atoms with van der Waals surface area (Å²) in [7, 11) is 0. The lowest BCUT2D eigenvalue weighted by Gasteiger charge is -2.16. The van der Waals surface area contributed by atoms with Crippen LogP contribution in [0.2, 0.25) is 0 Å². The van der Waals surface area contributed by atoms with Gasteiger partial charge in [0.2, 0.25) is 11.9 Å². The molecule has 0 radical (unpaired) electrons. The molecule has 0 bridgehead atoms. The molecule has 1 aromatic heterocycles. The third-order valence-corrected chi connectivity index (χ3v) is 3.41. The van der Waals surface area contributed by atoms with E-state index in [0.717, 1.165) is 16.9 Å². The Kier molecular flexibility index (Phi) is 5.89. The molecule has 2 rings (SSSR count). The summed E-state index contributed by atoms with van der Waals surface area (Å²) in [6, 6.07) is 6.01. The van der Waals surface area contributed by atoms with Gasteiger partial charge in [0.25, 0.3) is 0 Å². The van der Waals surface area contributed by atoms with E-state index in [9.17, 15) is 4.39 Å². The quantitative estimate of drug-likeness (QED) is 0.810. The summed E-state index contributed by atoms with van der Waals surface area (Å²) >= 11 is 0. The molecule has 0 saturated carbocycles. The maximum atomic E-state index is 12.8. The standard InChI is InChI=1S/C17H24FN5O/c1-10-5-11(2)7-14(6-10)24-9-13(4)20-17-22-15(12(3)8-18)21-16(19)23-17/h5-7,12-13H,8-9H2,1-4H3,(H3,19,20,21,22,23). The summed E-state index contributed by atoms with van der Waals surface area (Å²) in [6.45, 7) is 7.59. The fraction of sp³-hybridized carbons (Fsp3) is 0.471. The first-order chi connectivity index (χ1) is 11.4. The first kappa shape index (κ1) is 17.9. The Bertz CT molecular complexity index is 674. The summed E-state index contributed by atoms with van der Waals surface area (Å²) in [5.74, 6) is 1.15. The average Bonchev–Trinajstić information content (AvgIpc) is 2.50. The molecule has 1 aromatic carbocycles. The highest BCUT2D eigenvalue weighted by molar-refractivity contribution is 5.34. The Morgan fingerprint density at radius 2 is 1.79 bits per heavy atom. The maximum absolute atomic E-state index is 12.8. The number of nitrogens with two attached hydrogens (primary N) is 1. The number of halogens is 1. The van der Waals surface area contributed by atoms with Gasteiger partial charge in [-0.15, -0.1) is 0 Å². The second kappa shape index (κ2) is 7.90. The highest BCUT2D eigenvalue weighted by atomic mass is 19.1. The summed E-state index contributed by atoms with van der Waals surface area (Å²) in [5, 5.41) is 3.11. The van der Waals surface area contributed by atoms with Crippen molar-refractivity contribution in [3.63, 3.8) is 0 Å². The number of aryl methyl sites for hydroxylation is 2. The number of rotatable bonds is 7. The Labute approximate surface area is 141 Å². The number of nitrogens with zero attached hydrogens (tertiary/aromatic N) is 3. The Morgan fingerprint density at radius 3 is 2.42 bits per heavy atom. The Hall–Kier alpha value is -2.44. The summed E-state index contributed by atoms with van der Waals surface area (Å²) in [5.41, 5.74) is 7.98.